The minimum atomic E-state index is -0.278. The zero-order chi connectivity index (χ0) is 15.1. The highest BCUT2D eigenvalue weighted by molar-refractivity contribution is 5.91. The van der Waals surface area contributed by atoms with Crippen LogP contribution in [0, 0.1) is 5.82 Å². The molecular weight excluding hydrogens is 271 g/mol. The van der Waals surface area contributed by atoms with Crippen molar-refractivity contribution in [3.05, 3.63) is 54.0 Å². The lowest BCUT2D eigenvalue weighted by Crippen LogP contribution is -2.22. The molecule has 0 unspecified atom stereocenters. The molecule has 2 aromatic rings. The van der Waals surface area contributed by atoms with Gasteiger partial charge in [0, 0.05) is 6.54 Å². The van der Waals surface area contributed by atoms with Crippen molar-refractivity contribution >= 4 is 17.4 Å². The van der Waals surface area contributed by atoms with E-state index in [2.05, 4.69) is 15.6 Å². The summed E-state index contributed by atoms with van der Waals surface area (Å²) in [6.45, 7) is 0.640. The predicted octanol–water partition coefficient (Wildman–Crippen LogP) is 1.77. The number of benzene rings is 1. The maximum absolute atomic E-state index is 12.8. The Morgan fingerprint density at radius 1 is 1.19 bits per heavy atom. The maximum Gasteiger partial charge on any atom is 0.239 e. The van der Waals surface area contributed by atoms with Crippen LogP contribution in [0.4, 0.5) is 15.9 Å². The topological polar surface area (TPSA) is 80.0 Å². The first-order valence-corrected chi connectivity index (χ1v) is 6.61. The summed E-state index contributed by atoms with van der Waals surface area (Å²) >= 11 is 0. The van der Waals surface area contributed by atoms with Gasteiger partial charge in [0.15, 0.2) is 0 Å². The number of hydrogen-bond donors (Lipinski definition) is 3. The Balaban J connectivity index is 1.80. The van der Waals surface area contributed by atoms with Crippen LogP contribution < -0.4 is 16.4 Å². The van der Waals surface area contributed by atoms with Crippen LogP contribution in [0.25, 0.3) is 0 Å². The largest absolute Gasteiger partial charge is 0.383 e. The van der Waals surface area contributed by atoms with E-state index >= 15 is 0 Å². The molecule has 0 saturated heterocycles. The average Bonchev–Trinajstić information content (AvgIpc) is 2.51. The summed E-state index contributed by atoms with van der Waals surface area (Å²) in [5.41, 5.74) is 7.11. The molecule has 5 nitrogen and oxygen atoms in total. The van der Waals surface area contributed by atoms with Gasteiger partial charge in [-0.15, -0.1) is 0 Å². The molecule has 4 N–H and O–H groups in total. The molecule has 0 fully saturated rings. The summed E-state index contributed by atoms with van der Waals surface area (Å²) in [5, 5.41) is 5.78. The smallest absolute Gasteiger partial charge is 0.239 e. The quantitative estimate of drug-likeness (QED) is 0.757. The molecule has 0 bridgehead atoms. The molecule has 0 spiro atoms. The van der Waals surface area contributed by atoms with E-state index in [4.69, 9.17) is 5.73 Å². The van der Waals surface area contributed by atoms with Crippen molar-refractivity contribution in [2.75, 3.05) is 23.7 Å². The second kappa shape index (κ2) is 7.35. The van der Waals surface area contributed by atoms with Crippen LogP contribution in [0.2, 0.25) is 0 Å². The first-order chi connectivity index (χ1) is 10.2. The van der Waals surface area contributed by atoms with Crippen LogP contribution >= 0.6 is 0 Å². The Kier molecular flexibility index (Phi) is 5.22. The first kappa shape index (κ1) is 14.9. The lowest BCUT2D eigenvalue weighted by Gasteiger charge is -2.07. The molecule has 1 aromatic carbocycles. The lowest BCUT2D eigenvalue weighted by atomic mass is 10.1. The molecule has 6 heteroatoms. The van der Waals surface area contributed by atoms with Crippen LogP contribution in [-0.2, 0) is 11.2 Å². The van der Waals surface area contributed by atoms with Gasteiger partial charge in [0.2, 0.25) is 5.91 Å². The minimum Gasteiger partial charge on any atom is -0.383 e. The molecule has 1 amide bonds. The molecule has 0 saturated carbocycles. The molecule has 110 valence electrons. The number of nitrogens with zero attached hydrogens (tertiary/aromatic N) is 1. The van der Waals surface area contributed by atoms with Crippen LogP contribution in [0.5, 0.6) is 0 Å². The third kappa shape index (κ3) is 4.85. The van der Waals surface area contributed by atoms with Crippen molar-refractivity contribution in [1.29, 1.82) is 0 Å². The average molecular weight is 288 g/mol. The van der Waals surface area contributed by atoms with Crippen molar-refractivity contribution in [2.45, 2.75) is 6.42 Å². The van der Waals surface area contributed by atoms with Gasteiger partial charge in [-0.25, -0.2) is 9.37 Å². The second-order valence-corrected chi connectivity index (χ2v) is 4.49. The molecule has 1 aromatic heterocycles. The Labute approximate surface area is 122 Å². The fourth-order valence-electron chi connectivity index (χ4n) is 1.77. The number of halogens is 1. The van der Waals surface area contributed by atoms with Crippen molar-refractivity contribution in [3.63, 3.8) is 0 Å². The van der Waals surface area contributed by atoms with E-state index < -0.39 is 0 Å². The van der Waals surface area contributed by atoms with Gasteiger partial charge in [0.25, 0.3) is 0 Å². The number of amides is 1. The normalized spacial score (nSPS) is 10.2. The van der Waals surface area contributed by atoms with E-state index in [1.54, 1.807) is 24.4 Å². The Hall–Kier alpha value is -2.47. The Morgan fingerprint density at radius 2 is 1.95 bits per heavy atom. The molecule has 2 rings (SSSR count). The van der Waals surface area contributed by atoms with E-state index in [1.807, 2.05) is 6.07 Å². The van der Waals surface area contributed by atoms with Gasteiger partial charge >= 0.3 is 0 Å². The molecule has 0 aliphatic heterocycles. The molecular formula is C15H17FN4O. The Bertz CT molecular complexity index is 584. The van der Waals surface area contributed by atoms with Gasteiger partial charge < -0.3 is 16.4 Å². The third-order valence-corrected chi connectivity index (χ3v) is 2.87. The number of aromatic nitrogens is 1. The molecule has 1 heterocycles. The minimum absolute atomic E-state index is 0.0701. The number of rotatable bonds is 6. The highest BCUT2D eigenvalue weighted by Crippen LogP contribution is 2.10. The standard InChI is InChI=1S/C15H17FN4O/c16-12-3-1-11(2-4-12)7-8-18-13-5-6-14(19-10-13)20-15(21)9-17/h1-6,10,18H,7-9,17H2,(H,19,20,21). The fraction of sp³-hybridized carbons (Fsp3) is 0.200. The third-order valence-electron chi connectivity index (χ3n) is 2.87. The molecule has 0 aliphatic carbocycles. The molecule has 0 radical (unpaired) electrons. The second-order valence-electron chi connectivity index (χ2n) is 4.49. The van der Waals surface area contributed by atoms with E-state index in [9.17, 15) is 9.18 Å². The van der Waals surface area contributed by atoms with Crippen LogP contribution in [0.15, 0.2) is 42.6 Å². The summed E-state index contributed by atoms with van der Waals surface area (Å²) in [4.78, 5) is 15.2. The number of carbonyl (C=O) groups is 1. The van der Waals surface area contributed by atoms with E-state index in [1.165, 1.54) is 12.1 Å². The lowest BCUT2D eigenvalue weighted by molar-refractivity contribution is -0.114. The van der Waals surface area contributed by atoms with Crippen molar-refractivity contribution in [1.82, 2.24) is 4.98 Å². The summed E-state index contributed by atoms with van der Waals surface area (Å²) in [7, 11) is 0. The number of nitrogens with one attached hydrogen (secondary N) is 2. The highest BCUT2D eigenvalue weighted by Gasteiger charge is 2.00. The molecule has 0 aliphatic rings. The van der Waals surface area contributed by atoms with Crippen molar-refractivity contribution < 1.29 is 9.18 Å². The molecule has 21 heavy (non-hydrogen) atoms. The SMILES string of the molecule is NCC(=O)Nc1ccc(NCCc2ccc(F)cc2)cn1. The summed E-state index contributed by atoms with van der Waals surface area (Å²) in [6, 6.07) is 9.95. The zero-order valence-electron chi connectivity index (χ0n) is 11.5. The van der Waals surface area contributed by atoms with Gasteiger partial charge in [-0.2, -0.15) is 0 Å². The molecule has 0 atom stereocenters. The number of carbonyl (C=O) groups excluding carboxylic acids is 1. The number of hydrogen-bond acceptors (Lipinski definition) is 4. The van der Waals surface area contributed by atoms with Crippen LogP contribution in [-0.4, -0.2) is 24.0 Å². The van der Waals surface area contributed by atoms with Gasteiger partial charge in [-0.1, -0.05) is 12.1 Å². The maximum atomic E-state index is 12.8. The van der Waals surface area contributed by atoms with Crippen LogP contribution in [0.3, 0.4) is 0 Å². The highest BCUT2D eigenvalue weighted by atomic mass is 19.1. The summed E-state index contributed by atoms with van der Waals surface area (Å²) in [6.07, 6.45) is 2.42. The van der Waals surface area contributed by atoms with Gasteiger partial charge in [-0.05, 0) is 36.2 Å². The Morgan fingerprint density at radius 3 is 2.57 bits per heavy atom. The van der Waals surface area contributed by atoms with E-state index in [0.717, 1.165) is 17.7 Å². The zero-order valence-corrected chi connectivity index (χ0v) is 11.5. The van der Waals surface area contributed by atoms with E-state index in [0.29, 0.717) is 12.4 Å². The van der Waals surface area contributed by atoms with Crippen molar-refractivity contribution in [2.24, 2.45) is 5.73 Å². The fourth-order valence-corrected chi connectivity index (χ4v) is 1.77. The van der Waals surface area contributed by atoms with Gasteiger partial charge in [-0.3, -0.25) is 4.79 Å². The summed E-state index contributed by atoms with van der Waals surface area (Å²) in [5.74, 6) is -0.0416. The first-order valence-electron chi connectivity index (χ1n) is 6.61. The van der Waals surface area contributed by atoms with Gasteiger partial charge in [0.05, 0.1) is 18.4 Å². The number of anilines is 2. The summed E-state index contributed by atoms with van der Waals surface area (Å²) < 4.78 is 12.8. The van der Waals surface area contributed by atoms with E-state index in [-0.39, 0.29) is 18.3 Å². The van der Waals surface area contributed by atoms with Crippen molar-refractivity contribution in [3.8, 4) is 0 Å². The van der Waals surface area contributed by atoms with Gasteiger partial charge in [0.1, 0.15) is 11.6 Å². The monoisotopic (exact) mass is 288 g/mol. The predicted molar refractivity (Wildman–Crippen MR) is 80.5 cm³/mol. The van der Waals surface area contributed by atoms with Crippen LogP contribution in [0.1, 0.15) is 5.56 Å². The number of nitrogens with two attached hydrogens (primary N) is 1. The number of pyridine rings is 1.